The van der Waals surface area contributed by atoms with Gasteiger partial charge in [0.15, 0.2) is 0 Å². The first-order chi connectivity index (χ1) is 9.93. The third-order valence-electron chi connectivity index (χ3n) is 4.57. The van der Waals surface area contributed by atoms with Gasteiger partial charge in [-0.3, -0.25) is 14.7 Å². The number of nitrogens with zero attached hydrogens (tertiary/aromatic N) is 3. The molecule has 0 radical (unpaired) electrons. The maximum absolute atomic E-state index is 5.52. The Hall–Kier alpha value is -0.240. The SMILES string of the molecule is C1CN(C(CN2CCOCC2)N2CCOCC2)CCN1. The molecular weight excluding hydrogens is 256 g/mol. The van der Waals surface area contributed by atoms with Gasteiger partial charge >= 0.3 is 0 Å². The fraction of sp³-hybridized carbons (Fsp3) is 1.00. The van der Waals surface area contributed by atoms with Crippen LogP contribution in [0.4, 0.5) is 0 Å². The maximum Gasteiger partial charge on any atom is 0.0756 e. The van der Waals surface area contributed by atoms with Crippen LogP contribution >= 0.6 is 0 Å². The molecule has 20 heavy (non-hydrogen) atoms. The molecule has 3 rings (SSSR count). The Balaban J connectivity index is 1.61. The molecule has 0 spiro atoms. The van der Waals surface area contributed by atoms with E-state index in [1.807, 2.05) is 0 Å². The number of hydrogen-bond acceptors (Lipinski definition) is 6. The van der Waals surface area contributed by atoms with E-state index in [1.165, 1.54) is 0 Å². The van der Waals surface area contributed by atoms with Crippen molar-refractivity contribution in [3.05, 3.63) is 0 Å². The molecule has 6 heteroatoms. The minimum Gasteiger partial charge on any atom is -0.379 e. The van der Waals surface area contributed by atoms with Crippen molar-refractivity contribution in [3.8, 4) is 0 Å². The van der Waals surface area contributed by atoms with Gasteiger partial charge in [0.1, 0.15) is 0 Å². The van der Waals surface area contributed by atoms with Gasteiger partial charge in [-0.2, -0.15) is 0 Å². The van der Waals surface area contributed by atoms with Crippen molar-refractivity contribution in [2.24, 2.45) is 0 Å². The van der Waals surface area contributed by atoms with Gasteiger partial charge in [0.2, 0.25) is 0 Å². The van der Waals surface area contributed by atoms with Gasteiger partial charge in [0.25, 0.3) is 0 Å². The van der Waals surface area contributed by atoms with Crippen molar-refractivity contribution >= 4 is 0 Å². The molecule has 0 aromatic carbocycles. The molecule has 116 valence electrons. The Kier molecular flexibility index (Phi) is 5.64. The Morgan fingerprint density at radius 3 is 1.95 bits per heavy atom. The summed E-state index contributed by atoms with van der Waals surface area (Å²) in [5, 5.41) is 3.46. The Bertz CT molecular complexity index is 256. The van der Waals surface area contributed by atoms with Crippen LogP contribution in [0.3, 0.4) is 0 Å². The lowest BCUT2D eigenvalue weighted by Crippen LogP contribution is -2.61. The number of morpholine rings is 2. The molecule has 3 fully saturated rings. The highest BCUT2D eigenvalue weighted by Gasteiger charge is 2.29. The maximum atomic E-state index is 5.52. The van der Waals surface area contributed by atoms with E-state index < -0.39 is 0 Å². The molecule has 0 amide bonds. The second-order valence-corrected chi connectivity index (χ2v) is 5.83. The van der Waals surface area contributed by atoms with Crippen molar-refractivity contribution < 1.29 is 9.47 Å². The Labute approximate surface area is 122 Å². The van der Waals surface area contributed by atoms with Crippen molar-refractivity contribution in [2.75, 3.05) is 85.3 Å². The number of ether oxygens (including phenoxy) is 2. The molecule has 3 aliphatic rings. The third kappa shape index (κ3) is 3.90. The lowest BCUT2D eigenvalue weighted by molar-refractivity contribution is -0.0594. The normalized spacial score (nSPS) is 29.4. The first-order valence-corrected chi connectivity index (χ1v) is 8.00. The summed E-state index contributed by atoms with van der Waals surface area (Å²) in [6.45, 7) is 13.5. The van der Waals surface area contributed by atoms with Gasteiger partial charge in [0, 0.05) is 58.9 Å². The highest BCUT2D eigenvalue weighted by molar-refractivity contribution is 4.82. The van der Waals surface area contributed by atoms with Gasteiger partial charge in [-0.25, -0.2) is 0 Å². The lowest BCUT2D eigenvalue weighted by atomic mass is 10.2. The fourth-order valence-corrected chi connectivity index (χ4v) is 3.33. The smallest absolute Gasteiger partial charge is 0.0756 e. The van der Waals surface area contributed by atoms with Gasteiger partial charge in [0.05, 0.1) is 32.6 Å². The summed E-state index contributed by atoms with van der Waals surface area (Å²) in [4.78, 5) is 7.83. The van der Waals surface area contributed by atoms with E-state index in [4.69, 9.17) is 9.47 Å². The molecule has 1 N–H and O–H groups in total. The largest absolute Gasteiger partial charge is 0.379 e. The van der Waals surface area contributed by atoms with Crippen LogP contribution < -0.4 is 5.32 Å². The predicted octanol–water partition coefficient (Wildman–Crippen LogP) is -1.12. The summed E-state index contributed by atoms with van der Waals surface area (Å²) in [6, 6.07) is 0. The van der Waals surface area contributed by atoms with Crippen molar-refractivity contribution in [2.45, 2.75) is 6.17 Å². The quantitative estimate of drug-likeness (QED) is 0.705. The van der Waals surface area contributed by atoms with Gasteiger partial charge in [-0.05, 0) is 0 Å². The van der Waals surface area contributed by atoms with Crippen LogP contribution in [-0.2, 0) is 9.47 Å². The number of rotatable bonds is 4. The van der Waals surface area contributed by atoms with Crippen LogP contribution in [0.1, 0.15) is 0 Å². The standard InChI is InChI=1S/C14H28N4O2/c1-3-17(4-2-15-1)14(18-7-11-20-12-8-18)13-16-5-9-19-10-6-16/h14-15H,1-13H2. The van der Waals surface area contributed by atoms with Crippen LogP contribution in [0, 0.1) is 0 Å². The summed E-state index contributed by atoms with van der Waals surface area (Å²) >= 11 is 0. The summed E-state index contributed by atoms with van der Waals surface area (Å²) in [7, 11) is 0. The number of piperazine rings is 1. The van der Waals surface area contributed by atoms with Gasteiger partial charge in [-0.1, -0.05) is 0 Å². The first-order valence-electron chi connectivity index (χ1n) is 8.00. The molecule has 0 aromatic rings. The molecule has 3 aliphatic heterocycles. The molecule has 0 aromatic heterocycles. The van der Waals surface area contributed by atoms with Crippen LogP contribution in [0.2, 0.25) is 0 Å². The number of hydrogen-bond donors (Lipinski definition) is 1. The summed E-state index contributed by atoms with van der Waals surface area (Å²) in [5.74, 6) is 0. The van der Waals surface area contributed by atoms with E-state index in [1.54, 1.807) is 0 Å². The van der Waals surface area contributed by atoms with Crippen LogP contribution in [0.25, 0.3) is 0 Å². The average Bonchev–Trinajstić information content (AvgIpc) is 2.55. The van der Waals surface area contributed by atoms with Crippen LogP contribution in [0.15, 0.2) is 0 Å². The molecule has 3 heterocycles. The topological polar surface area (TPSA) is 40.2 Å². The highest BCUT2D eigenvalue weighted by Crippen LogP contribution is 2.13. The fourth-order valence-electron chi connectivity index (χ4n) is 3.33. The van der Waals surface area contributed by atoms with Crippen LogP contribution in [0.5, 0.6) is 0 Å². The Morgan fingerprint density at radius 2 is 1.30 bits per heavy atom. The summed E-state index contributed by atoms with van der Waals surface area (Å²) in [5.41, 5.74) is 0. The minimum absolute atomic E-state index is 0.541. The van der Waals surface area contributed by atoms with Crippen LogP contribution in [-0.4, -0.2) is 106 Å². The van der Waals surface area contributed by atoms with E-state index >= 15 is 0 Å². The average molecular weight is 284 g/mol. The highest BCUT2D eigenvalue weighted by atomic mass is 16.5. The zero-order chi connectivity index (χ0) is 13.6. The van der Waals surface area contributed by atoms with Crippen molar-refractivity contribution in [3.63, 3.8) is 0 Å². The lowest BCUT2D eigenvalue weighted by Gasteiger charge is -2.45. The number of nitrogens with one attached hydrogen (secondary N) is 1. The van der Waals surface area contributed by atoms with E-state index in [0.717, 1.165) is 85.3 Å². The second kappa shape index (κ2) is 7.68. The summed E-state index contributed by atoms with van der Waals surface area (Å²) in [6.07, 6.45) is 0.541. The minimum atomic E-state index is 0.541. The molecule has 0 bridgehead atoms. The molecule has 3 saturated heterocycles. The molecule has 1 atom stereocenters. The summed E-state index contributed by atoms with van der Waals surface area (Å²) < 4.78 is 11.0. The molecule has 1 unspecified atom stereocenters. The molecule has 6 nitrogen and oxygen atoms in total. The third-order valence-corrected chi connectivity index (χ3v) is 4.57. The zero-order valence-electron chi connectivity index (χ0n) is 12.4. The van der Waals surface area contributed by atoms with E-state index in [2.05, 4.69) is 20.0 Å². The molecule has 0 aliphatic carbocycles. The van der Waals surface area contributed by atoms with E-state index in [0.29, 0.717) is 6.17 Å². The van der Waals surface area contributed by atoms with Gasteiger partial charge in [-0.15, -0.1) is 0 Å². The monoisotopic (exact) mass is 284 g/mol. The molecular formula is C14H28N4O2. The Morgan fingerprint density at radius 1 is 0.750 bits per heavy atom. The first kappa shape index (κ1) is 14.7. The molecule has 0 saturated carbocycles. The van der Waals surface area contributed by atoms with Crippen molar-refractivity contribution in [1.29, 1.82) is 0 Å². The van der Waals surface area contributed by atoms with E-state index in [-0.39, 0.29) is 0 Å². The van der Waals surface area contributed by atoms with Gasteiger partial charge < -0.3 is 14.8 Å². The van der Waals surface area contributed by atoms with E-state index in [9.17, 15) is 0 Å². The second-order valence-electron chi connectivity index (χ2n) is 5.83. The predicted molar refractivity (Wildman–Crippen MR) is 77.9 cm³/mol. The van der Waals surface area contributed by atoms with Crippen molar-refractivity contribution in [1.82, 2.24) is 20.0 Å². The zero-order valence-corrected chi connectivity index (χ0v) is 12.4.